The van der Waals surface area contributed by atoms with Crippen LogP contribution in [0, 0.1) is 0 Å². The number of sulfonamides is 1. The van der Waals surface area contributed by atoms with E-state index >= 15 is 0 Å². The van der Waals surface area contributed by atoms with Crippen molar-refractivity contribution in [3.8, 4) is 0 Å². The van der Waals surface area contributed by atoms with Gasteiger partial charge in [0.1, 0.15) is 0 Å². The second-order valence-electron chi connectivity index (χ2n) is 6.50. The molecule has 0 bridgehead atoms. The number of hydrogen-bond donors (Lipinski definition) is 1. The third-order valence-electron chi connectivity index (χ3n) is 4.37. The first-order chi connectivity index (χ1) is 11.9. The molecule has 7 heteroatoms. The van der Waals surface area contributed by atoms with E-state index in [4.69, 9.17) is 0 Å². The zero-order chi connectivity index (χ0) is 18.3. The number of rotatable bonds is 8. The van der Waals surface area contributed by atoms with Gasteiger partial charge in [0.15, 0.2) is 0 Å². The summed E-state index contributed by atoms with van der Waals surface area (Å²) in [6.07, 6.45) is 5.86. The Morgan fingerprint density at radius 1 is 1.16 bits per heavy atom. The van der Waals surface area contributed by atoms with Crippen LogP contribution in [0.3, 0.4) is 0 Å². The van der Waals surface area contributed by atoms with Crippen LogP contribution >= 0.6 is 0 Å². The summed E-state index contributed by atoms with van der Waals surface area (Å²) in [7, 11) is -3.43. The van der Waals surface area contributed by atoms with Crippen LogP contribution in [0.25, 0.3) is 0 Å². The molecule has 0 unspecified atom stereocenters. The molecule has 0 spiro atoms. The van der Waals surface area contributed by atoms with E-state index in [0.717, 1.165) is 25.2 Å². The highest BCUT2D eigenvalue weighted by molar-refractivity contribution is 7.92. The fourth-order valence-electron chi connectivity index (χ4n) is 3.02. The van der Waals surface area contributed by atoms with Crippen molar-refractivity contribution >= 4 is 27.3 Å². The van der Waals surface area contributed by atoms with Gasteiger partial charge in [0.2, 0.25) is 15.9 Å². The van der Waals surface area contributed by atoms with Crippen molar-refractivity contribution in [3.05, 3.63) is 24.3 Å². The number of piperidine rings is 1. The van der Waals surface area contributed by atoms with Gasteiger partial charge < -0.3 is 10.2 Å². The fraction of sp³-hybridized carbons (Fsp3) is 0.611. The molecule has 1 heterocycles. The molecule has 1 N–H and O–H groups in total. The van der Waals surface area contributed by atoms with Crippen LogP contribution in [0.15, 0.2) is 24.3 Å². The van der Waals surface area contributed by atoms with Gasteiger partial charge in [-0.1, -0.05) is 6.92 Å². The zero-order valence-corrected chi connectivity index (χ0v) is 16.0. The van der Waals surface area contributed by atoms with Crippen molar-refractivity contribution in [3.63, 3.8) is 0 Å². The van der Waals surface area contributed by atoms with Crippen LogP contribution < -0.4 is 14.5 Å². The largest absolute Gasteiger partial charge is 0.372 e. The average molecular weight is 368 g/mol. The Kier molecular flexibility index (Phi) is 7.11. The zero-order valence-electron chi connectivity index (χ0n) is 15.2. The summed E-state index contributed by atoms with van der Waals surface area (Å²) in [4.78, 5) is 14.1. The average Bonchev–Trinajstić information content (AvgIpc) is 2.60. The molecule has 140 valence electrons. The normalized spacial score (nSPS) is 15.0. The minimum atomic E-state index is -3.43. The summed E-state index contributed by atoms with van der Waals surface area (Å²) in [5.74, 6) is -0.125. The molecule has 0 atom stereocenters. The van der Waals surface area contributed by atoms with Gasteiger partial charge in [-0.25, -0.2) is 8.42 Å². The van der Waals surface area contributed by atoms with Gasteiger partial charge in [0, 0.05) is 38.3 Å². The summed E-state index contributed by atoms with van der Waals surface area (Å²) < 4.78 is 25.6. The standard InChI is InChI=1S/C18H29N3O3S/c1-3-12-19-18(22)11-15-21(25(2,23)24)17-9-7-16(8-10-17)20-13-5-4-6-14-20/h7-10H,3-6,11-15H2,1-2H3,(H,19,22). The number of nitrogens with zero attached hydrogens (tertiary/aromatic N) is 2. The maximum absolute atomic E-state index is 12.1. The van der Waals surface area contributed by atoms with Gasteiger partial charge in [-0.15, -0.1) is 0 Å². The molecular formula is C18H29N3O3S. The third-order valence-corrected chi connectivity index (χ3v) is 5.57. The lowest BCUT2D eigenvalue weighted by Gasteiger charge is -2.29. The molecule has 6 nitrogen and oxygen atoms in total. The number of carbonyl (C=O) groups is 1. The molecule has 1 aliphatic rings. The predicted octanol–water partition coefficient (Wildman–Crippen LogP) is 2.36. The van der Waals surface area contributed by atoms with E-state index in [1.54, 1.807) is 0 Å². The first-order valence-electron chi connectivity index (χ1n) is 9.01. The van der Waals surface area contributed by atoms with Crippen LogP contribution in [0.4, 0.5) is 11.4 Å². The smallest absolute Gasteiger partial charge is 0.232 e. The molecule has 0 radical (unpaired) electrons. The monoisotopic (exact) mass is 367 g/mol. The lowest BCUT2D eigenvalue weighted by Crippen LogP contribution is -2.35. The molecule has 1 amide bonds. The molecular weight excluding hydrogens is 338 g/mol. The van der Waals surface area contributed by atoms with E-state index in [1.807, 2.05) is 31.2 Å². The third kappa shape index (κ3) is 5.92. The highest BCUT2D eigenvalue weighted by Gasteiger charge is 2.19. The van der Waals surface area contributed by atoms with Gasteiger partial charge >= 0.3 is 0 Å². The highest BCUT2D eigenvalue weighted by atomic mass is 32.2. The van der Waals surface area contributed by atoms with Crippen molar-refractivity contribution in [2.24, 2.45) is 0 Å². The summed E-state index contributed by atoms with van der Waals surface area (Å²) in [6, 6.07) is 7.59. The van der Waals surface area contributed by atoms with E-state index < -0.39 is 10.0 Å². The Labute approximate surface area is 151 Å². The van der Waals surface area contributed by atoms with Crippen LogP contribution in [0.2, 0.25) is 0 Å². The fourth-order valence-corrected chi connectivity index (χ4v) is 3.95. The maximum Gasteiger partial charge on any atom is 0.232 e. The van der Waals surface area contributed by atoms with Crippen LogP contribution in [-0.4, -0.2) is 46.8 Å². The second-order valence-corrected chi connectivity index (χ2v) is 8.41. The van der Waals surface area contributed by atoms with Crippen molar-refractivity contribution in [2.45, 2.75) is 39.0 Å². The van der Waals surface area contributed by atoms with Crippen molar-refractivity contribution in [1.29, 1.82) is 0 Å². The van der Waals surface area contributed by atoms with Gasteiger partial charge in [-0.2, -0.15) is 0 Å². The molecule has 0 saturated carbocycles. The van der Waals surface area contributed by atoms with Gasteiger partial charge in [0.25, 0.3) is 0 Å². The molecule has 25 heavy (non-hydrogen) atoms. The van der Waals surface area contributed by atoms with E-state index in [9.17, 15) is 13.2 Å². The van der Waals surface area contributed by atoms with Crippen molar-refractivity contribution < 1.29 is 13.2 Å². The number of nitrogens with one attached hydrogen (secondary N) is 1. The lowest BCUT2D eigenvalue weighted by molar-refractivity contribution is -0.120. The van der Waals surface area contributed by atoms with Crippen LogP contribution in [0.5, 0.6) is 0 Å². The number of hydrogen-bond acceptors (Lipinski definition) is 4. The molecule has 2 rings (SSSR count). The molecule has 1 aliphatic heterocycles. The number of amides is 1. The molecule has 1 aromatic rings. The number of benzene rings is 1. The number of carbonyl (C=O) groups excluding carboxylic acids is 1. The van der Waals surface area contributed by atoms with Crippen LogP contribution in [0.1, 0.15) is 39.0 Å². The molecule has 1 saturated heterocycles. The molecule has 1 aromatic carbocycles. The number of anilines is 2. The minimum Gasteiger partial charge on any atom is -0.372 e. The van der Waals surface area contributed by atoms with E-state index in [-0.39, 0.29) is 18.9 Å². The lowest BCUT2D eigenvalue weighted by atomic mass is 10.1. The van der Waals surface area contributed by atoms with Crippen LogP contribution in [-0.2, 0) is 14.8 Å². The highest BCUT2D eigenvalue weighted by Crippen LogP contribution is 2.25. The van der Waals surface area contributed by atoms with Gasteiger partial charge in [-0.3, -0.25) is 9.10 Å². The SMILES string of the molecule is CCCNC(=O)CCN(c1ccc(N2CCCCC2)cc1)S(C)(=O)=O. The van der Waals surface area contributed by atoms with E-state index in [0.29, 0.717) is 12.2 Å². The Bertz CT molecular complexity index is 653. The second kappa shape index (κ2) is 9.08. The molecule has 0 aromatic heterocycles. The quantitative estimate of drug-likeness (QED) is 0.766. The minimum absolute atomic E-state index is 0.125. The topological polar surface area (TPSA) is 69.7 Å². The summed E-state index contributed by atoms with van der Waals surface area (Å²) >= 11 is 0. The van der Waals surface area contributed by atoms with E-state index in [2.05, 4.69) is 10.2 Å². The first kappa shape index (κ1) is 19.6. The Morgan fingerprint density at radius 2 is 1.80 bits per heavy atom. The van der Waals surface area contributed by atoms with Gasteiger partial charge in [-0.05, 0) is 49.9 Å². The summed E-state index contributed by atoms with van der Waals surface area (Å²) in [6.45, 7) is 4.84. The summed E-state index contributed by atoms with van der Waals surface area (Å²) in [5.41, 5.74) is 1.73. The maximum atomic E-state index is 12.1. The molecule has 0 aliphatic carbocycles. The Balaban J connectivity index is 2.06. The Hall–Kier alpha value is -1.76. The first-order valence-corrected chi connectivity index (χ1v) is 10.9. The Morgan fingerprint density at radius 3 is 2.36 bits per heavy atom. The summed E-state index contributed by atoms with van der Waals surface area (Å²) in [5, 5.41) is 2.78. The van der Waals surface area contributed by atoms with Crippen molar-refractivity contribution in [2.75, 3.05) is 41.6 Å². The van der Waals surface area contributed by atoms with Gasteiger partial charge in [0.05, 0.1) is 11.9 Å². The van der Waals surface area contributed by atoms with E-state index in [1.165, 1.54) is 29.8 Å². The molecule has 1 fully saturated rings. The van der Waals surface area contributed by atoms with Crippen molar-refractivity contribution in [1.82, 2.24) is 5.32 Å². The predicted molar refractivity (Wildman–Crippen MR) is 103 cm³/mol.